The molecule has 116 valence electrons. The minimum Gasteiger partial charge on any atom is -0.386 e. The Morgan fingerprint density at radius 1 is 0.667 bits per heavy atom. The fourth-order valence-electron chi connectivity index (χ4n) is 3.90. The van der Waals surface area contributed by atoms with Crippen molar-refractivity contribution in [2.45, 2.75) is 12.2 Å². The predicted molar refractivity (Wildman–Crippen MR) is 99.0 cm³/mol. The molecular weight excluding hydrogens is 296 g/mol. The Kier molecular flexibility index (Phi) is 2.81. The van der Waals surface area contributed by atoms with E-state index in [0.29, 0.717) is 0 Å². The van der Waals surface area contributed by atoms with Crippen molar-refractivity contribution in [3.63, 3.8) is 0 Å². The number of hydrogen-bond donors (Lipinski definition) is 2. The summed E-state index contributed by atoms with van der Waals surface area (Å²) in [4.78, 5) is 0. The van der Waals surface area contributed by atoms with Crippen LogP contribution in [0.1, 0.15) is 17.2 Å². The molecule has 1 aliphatic carbocycles. The lowest BCUT2D eigenvalue weighted by Gasteiger charge is -2.25. The van der Waals surface area contributed by atoms with E-state index in [4.69, 9.17) is 0 Å². The first-order valence-corrected chi connectivity index (χ1v) is 8.15. The van der Waals surface area contributed by atoms with E-state index < -0.39 is 12.2 Å². The van der Waals surface area contributed by atoms with E-state index in [2.05, 4.69) is 36.4 Å². The lowest BCUT2D eigenvalue weighted by atomic mass is 9.83. The molecule has 1 aliphatic rings. The molecule has 0 saturated heterocycles. The van der Waals surface area contributed by atoms with Crippen molar-refractivity contribution >= 4 is 38.4 Å². The van der Waals surface area contributed by atoms with Gasteiger partial charge in [0.05, 0.1) is 0 Å². The topological polar surface area (TPSA) is 40.5 Å². The van der Waals surface area contributed by atoms with Gasteiger partial charge in [0.1, 0.15) is 12.2 Å². The Labute approximate surface area is 139 Å². The van der Waals surface area contributed by atoms with E-state index in [0.717, 1.165) is 32.7 Å². The fourth-order valence-corrected chi connectivity index (χ4v) is 3.90. The summed E-state index contributed by atoms with van der Waals surface area (Å²) < 4.78 is 0. The maximum atomic E-state index is 10.7. The predicted octanol–water partition coefficient (Wildman–Crippen LogP) is 4.57. The smallest absolute Gasteiger partial charge is 0.110 e. The Morgan fingerprint density at radius 2 is 1.29 bits per heavy atom. The van der Waals surface area contributed by atoms with Gasteiger partial charge in [-0.3, -0.25) is 0 Å². The van der Waals surface area contributed by atoms with E-state index in [1.54, 1.807) is 6.08 Å². The zero-order valence-corrected chi connectivity index (χ0v) is 13.0. The lowest BCUT2D eigenvalue weighted by Crippen LogP contribution is -2.20. The first kappa shape index (κ1) is 13.7. The van der Waals surface area contributed by atoms with Crippen molar-refractivity contribution in [1.29, 1.82) is 0 Å². The van der Waals surface area contributed by atoms with Crippen LogP contribution in [0, 0.1) is 0 Å². The molecule has 0 spiro atoms. The van der Waals surface area contributed by atoms with Crippen LogP contribution in [0.4, 0.5) is 0 Å². The summed E-state index contributed by atoms with van der Waals surface area (Å²) in [5.41, 5.74) is 1.83. The third-order valence-electron chi connectivity index (χ3n) is 5.05. The largest absolute Gasteiger partial charge is 0.386 e. The molecule has 24 heavy (non-hydrogen) atoms. The van der Waals surface area contributed by atoms with Crippen LogP contribution in [0.3, 0.4) is 0 Å². The van der Waals surface area contributed by atoms with Gasteiger partial charge in [-0.05, 0) is 55.6 Å². The summed E-state index contributed by atoms with van der Waals surface area (Å²) in [6.45, 7) is 0. The zero-order chi connectivity index (χ0) is 16.3. The van der Waals surface area contributed by atoms with Crippen molar-refractivity contribution in [2.24, 2.45) is 0 Å². The highest BCUT2D eigenvalue weighted by Crippen LogP contribution is 2.41. The molecule has 4 aromatic carbocycles. The van der Waals surface area contributed by atoms with Crippen LogP contribution in [-0.2, 0) is 0 Å². The molecule has 0 saturated carbocycles. The molecule has 0 aromatic heterocycles. The maximum absolute atomic E-state index is 10.7. The van der Waals surface area contributed by atoms with Crippen LogP contribution in [0.15, 0.2) is 66.7 Å². The van der Waals surface area contributed by atoms with Crippen LogP contribution in [0.2, 0.25) is 0 Å². The number of benzene rings is 4. The quantitative estimate of drug-likeness (QED) is 0.369. The first-order chi connectivity index (χ1) is 11.7. The number of aliphatic hydroxyl groups excluding tert-OH is 2. The van der Waals surface area contributed by atoms with Crippen LogP contribution < -0.4 is 0 Å². The molecule has 5 rings (SSSR count). The van der Waals surface area contributed by atoms with Gasteiger partial charge in [0.25, 0.3) is 0 Å². The standard InChI is InChI=1S/C22H16O2/c23-20-10-9-17-15-7-3-4-8-16(15)18-11-13-5-1-2-6-14(13)12-19(18)21(17)22(20)24/h1-12,20,22-24H/t20?,22-/m0/s1. The van der Waals surface area contributed by atoms with Gasteiger partial charge in [-0.25, -0.2) is 0 Å². The number of rotatable bonds is 0. The second-order valence-corrected chi connectivity index (χ2v) is 6.41. The number of aliphatic hydroxyl groups is 2. The van der Waals surface area contributed by atoms with Gasteiger partial charge in [-0.15, -0.1) is 0 Å². The second-order valence-electron chi connectivity index (χ2n) is 6.41. The Hall–Kier alpha value is -2.68. The molecule has 0 radical (unpaired) electrons. The third-order valence-corrected chi connectivity index (χ3v) is 5.05. The molecule has 0 heterocycles. The summed E-state index contributed by atoms with van der Waals surface area (Å²) in [5.74, 6) is 0. The van der Waals surface area contributed by atoms with Crippen molar-refractivity contribution in [2.75, 3.05) is 0 Å². The normalized spacial score (nSPS) is 19.9. The SMILES string of the molecule is OC1C=Cc2c(c3cc4ccccc4cc3c3ccccc23)[C@H]1O. The molecule has 0 fully saturated rings. The number of fused-ring (bicyclic) bond motifs is 7. The van der Waals surface area contributed by atoms with Crippen LogP contribution in [-0.4, -0.2) is 16.3 Å². The fraction of sp³-hybridized carbons (Fsp3) is 0.0909. The summed E-state index contributed by atoms with van der Waals surface area (Å²) >= 11 is 0. The summed E-state index contributed by atoms with van der Waals surface area (Å²) in [7, 11) is 0. The highest BCUT2D eigenvalue weighted by molar-refractivity contribution is 6.16. The van der Waals surface area contributed by atoms with E-state index in [-0.39, 0.29) is 0 Å². The van der Waals surface area contributed by atoms with Gasteiger partial charge in [-0.2, -0.15) is 0 Å². The highest BCUT2D eigenvalue weighted by Gasteiger charge is 2.26. The van der Waals surface area contributed by atoms with E-state index in [1.807, 2.05) is 30.3 Å². The molecule has 2 N–H and O–H groups in total. The van der Waals surface area contributed by atoms with Gasteiger partial charge in [0.2, 0.25) is 0 Å². The molecule has 0 bridgehead atoms. The van der Waals surface area contributed by atoms with Gasteiger partial charge >= 0.3 is 0 Å². The average Bonchev–Trinajstić information content (AvgIpc) is 2.63. The highest BCUT2D eigenvalue weighted by atomic mass is 16.3. The minimum absolute atomic E-state index is 0.824. The molecule has 2 nitrogen and oxygen atoms in total. The molecule has 0 amide bonds. The van der Waals surface area contributed by atoms with Crippen molar-refractivity contribution in [1.82, 2.24) is 0 Å². The van der Waals surface area contributed by atoms with E-state index >= 15 is 0 Å². The molecule has 2 heteroatoms. The van der Waals surface area contributed by atoms with Gasteiger partial charge < -0.3 is 10.2 Å². The monoisotopic (exact) mass is 312 g/mol. The Morgan fingerprint density at radius 3 is 2.04 bits per heavy atom. The van der Waals surface area contributed by atoms with Crippen LogP contribution in [0.5, 0.6) is 0 Å². The first-order valence-electron chi connectivity index (χ1n) is 8.15. The zero-order valence-electron chi connectivity index (χ0n) is 13.0. The summed E-state index contributed by atoms with van der Waals surface area (Å²) in [6.07, 6.45) is 1.84. The van der Waals surface area contributed by atoms with Crippen molar-refractivity contribution in [3.05, 3.63) is 77.9 Å². The molecule has 4 aromatic rings. The molecular formula is C22H16O2. The van der Waals surface area contributed by atoms with E-state index in [9.17, 15) is 10.2 Å². The minimum atomic E-state index is -0.904. The van der Waals surface area contributed by atoms with Gasteiger partial charge in [0, 0.05) is 0 Å². The maximum Gasteiger partial charge on any atom is 0.110 e. The number of hydrogen-bond acceptors (Lipinski definition) is 2. The van der Waals surface area contributed by atoms with Crippen molar-refractivity contribution in [3.8, 4) is 0 Å². The summed E-state index contributed by atoms with van der Waals surface area (Å²) in [6, 6.07) is 20.8. The Balaban J connectivity index is 2.07. The molecule has 0 aliphatic heterocycles. The van der Waals surface area contributed by atoms with Crippen LogP contribution >= 0.6 is 0 Å². The van der Waals surface area contributed by atoms with Gasteiger partial charge in [0.15, 0.2) is 0 Å². The lowest BCUT2D eigenvalue weighted by molar-refractivity contribution is 0.0481. The summed E-state index contributed by atoms with van der Waals surface area (Å²) in [5, 5.41) is 27.5. The molecule has 2 atom stereocenters. The second kappa shape index (κ2) is 4.91. The molecule has 1 unspecified atom stereocenters. The Bertz CT molecular complexity index is 1140. The average molecular weight is 312 g/mol. The van der Waals surface area contributed by atoms with E-state index in [1.165, 1.54) is 10.8 Å². The van der Waals surface area contributed by atoms with Crippen LogP contribution in [0.25, 0.3) is 38.4 Å². The van der Waals surface area contributed by atoms with Gasteiger partial charge in [-0.1, -0.05) is 60.7 Å². The van der Waals surface area contributed by atoms with Crippen molar-refractivity contribution < 1.29 is 10.2 Å². The third kappa shape index (κ3) is 1.78.